The molecule has 3 rings (SSSR count). The highest BCUT2D eigenvalue weighted by atomic mass is 28.4. The first-order valence-corrected chi connectivity index (χ1v) is 11.1. The molecule has 1 aliphatic rings. The van der Waals surface area contributed by atoms with Crippen LogP contribution in [0.1, 0.15) is 17.2 Å². The number of benzene rings is 2. The highest BCUT2D eigenvalue weighted by Gasteiger charge is 2.25. The summed E-state index contributed by atoms with van der Waals surface area (Å²) in [7, 11) is -0.0671. The third-order valence-electron chi connectivity index (χ3n) is 3.59. The highest BCUT2D eigenvalue weighted by molar-refractivity contribution is 6.69. The molecule has 2 aromatic carbocycles. The van der Waals surface area contributed by atoms with Gasteiger partial charge in [-0.1, -0.05) is 18.2 Å². The first-order valence-electron chi connectivity index (χ1n) is 7.67. The summed E-state index contributed by atoms with van der Waals surface area (Å²) in [5.41, 5.74) is 2.17. The topological polar surface area (TPSA) is 36.9 Å². The van der Waals surface area contributed by atoms with Crippen molar-refractivity contribution in [3.63, 3.8) is 0 Å². The first-order chi connectivity index (χ1) is 11.0. The van der Waals surface area contributed by atoms with Crippen LogP contribution in [0.4, 0.5) is 0 Å². The molecule has 0 N–H and O–H groups in total. The van der Waals surface area contributed by atoms with Crippen LogP contribution in [0.2, 0.25) is 19.6 Å². The second kappa shape index (κ2) is 6.26. The summed E-state index contributed by atoms with van der Waals surface area (Å²) in [6, 6.07) is 14.0. The molecular formula is C18H22O4Si. The maximum Gasteiger partial charge on any atom is 0.231 e. The number of ether oxygens (including phenoxy) is 3. The van der Waals surface area contributed by atoms with Crippen LogP contribution in [-0.2, 0) is 4.43 Å². The maximum absolute atomic E-state index is 6.44. The van der Waals surface area contributed by atoms with E-state index in [0.29, 0.717) is 0 Å². The zero-order valence-electron chi connectivity index (χ0n) is 14.0. The third kappa shape index (κ3) is 3.68. The molecular weight excluding hydrogens is 308 g/mol. The molecule has 1 unspecified atom stereocenters. The zero-order chi connectivity index (χ0) is 16.4. The second-order valence-corrected chi connectivity index (χ2v) is 11.0. The van der Waals surface area contributed by atoms with Gasteiger partial charge in [-0.05, 0) is 55.0 Å². The molecule has 2 aromatic rings. The minimum Gasteiger partial charge on any atom is -0.497 e. The third-order valence-corrected chi connectivity index (χ3v) is 4.53. The predicted octanol–water partition coefficient (Wildman–Crippen LogP) is 4.36. The van der Waals surface area contributed by atoms with E-state index in [1.54, 1.807) is 7.11 Å². The average molecular weight is 330 g/mol. The Morgan fingerprint density at radius 3 is 2.22 bits per heavy atom. The smallest absolute Gasteiger partial charge is 0.231 e. The van der Waals surface area contributed by atoms with Crippen molar-refractivity contribution in [1.82, 2.24) is 0 Å². The van der Waals surface area contributed by atoms with E-state index in [1.807, 2.05) is 42.5 Å². The molecule has 122 valence electrons. The Hall–Kier alpha value is -1.98. The first kappa shape index (κ1) is 15.9. The van der Waals surface area contributed by atoms with E-state index in [1.165, 1.54) is 0 Å². The van der Waals surface area contributed by atoms with Crippen molar-refractivity contribution in [3.05, 3.63) is 53.6 Å². The monoisotopic (exact) mass is 330 g/mol. The quantitative estimate of drug-likeness (QED) is 0.763. The van der Waals surface area contributed by atoms with Crippen LogP contribution in [0, 0.1) is 0 Å². The van der Waals surface area contributed by atoms with Gasteiger partial charge in [-0.25, -0.2) is 0 Å². The SMILES string of the molecule is COc1ccc(C(O[Si](C)(C)C)c2ccc3c(c2)OCO3)cc1. The molecule has 4 nitrogen and oxygen atoms in total. The van der Waals surface area contributed by atoms with Crippen LogP contribution in [0.15, 0.2) is 42.5 Å². The Bertz CT molecular complexity index is 676. The van der Waals surface area contributed by atoms with Crippen LogP contribution in [0.25, 0.3) is 0 Å². The molecule has 23 heavy (non-hydrogen) atoms. The van der Waals surface area contributed by atoms with Gasteiger partial charge >= 0.3 is 0 Å². The number of hydrogen-bond acceptors (Lipinski definition) is 4. The molecule has 0 fully saturated rings. The van der Waals surface area contributed by atoms with Crippen LogP contribution >= 0.6 is 0 Å². The highest BCUT2D eigenvalue weighted by Crippen LogP contribution is 2.38. The Morgan fingerprint density at radius 1 is 0.913 bits per heavy atom. The van der Waals surface area contributed by atoms with Crippen molar-refractivity contribution in [2.75, 3.05) is 13.9 Å². The van der Waals surface area contributed by atoms with E-state index in [0.717, 1.165) is 28.4 Å². The fraction of sp³-hybridized carbons (Fsp3) is 0.333. The summed E-state index contributed by atoms with van der Waals surface area (Å²) in [6.07, 6.45) is -0.123. The number of hydrogen-bond donors (Lipinski definition) is 0. The van der Waals surface area contributed by atoms with Gasteiger partial charge in [-0.3, -0.25) is 0 Å². The molecule has 1 heterocycles. The lowest BCUT2D eigenvalue weighted by Crippen LogP contribution is -2.28. The number of rotatable bonds is 5. The molecule has 1 aliphatic heterocycles. The number of fused-ring (bicyclic) bond motifs is 1. The Labute approximate surface area is 138 Å². The summed E-state index contributed by atoms with van der Waals surface area (Å²) in [4.78, 5) is 0. The van der Waals surface area contributed by atoms with Crippen molar-refractivity contribution >= 4 is 8.32 Å². The van der Waals surface area contributed by atoms with Crippen LogP contribution in [0.5, 0.6) is 17.2 Å². The molecule has 0 radical (unpaired) electrons. The van der Waals surface area contributed by atoms with Gasteiger partial charge in [0, 0.05) is 0 Å². The summed E-state index contributed by atoms with van der Waals surface area (Å²) in [5, 5.41) is 0. The minimum atomic E-state index is -1.74. The fourth-order valence-electron chi connectivity index (χ4n) is 2.54. The molecule has 0 saturated carbocycles. The van der Waals surface area contributed by atoms with Crippen molar-refractivity contribution in [2.45, 2.75) is 25.7 Å². The van der Waals surface area contributed by atoms with Gasteiger partial charge in [-0.15, -0.1) is 0 Å². The minimum absolute atomic E-state index is 0.123. The van der Waals surface area contributed by atoms with E-state index in [-0.39, 0.29) is 12.9 Å². The van der Waals surface area contributed by atoms with Crippen LogP contribution in [0.3, 0.4) is 0 Å². The summed E-state index contributed by atoms with van der Waals surface area (Å²) in [6.45, 7) is 6.85. The van der Waals surface area contributed by atoms with Gasteiger partial charge in [0.2, 0.25) is 6.79 Å². The van der Waals surface area contributed by atoms with E-state index in [4.69, 9.17) is 18.6 Å². The van der Waals surface area contributed by atoms with Gasteiger partial charge in [0.1, 0.15) is 5.75 Å². The lowest BCUT2D eigenvalue weighted by atomic mass is 10.0. The molecule has 0 aromatic heterocycles. The van der Waals surface area contributed by atoms with Crippen LogP contribution in [-0.4, -0.2) is 22.2 Å². The van der Waals surface area contributed by atoms with Crippen molar-refractivity contribution in [3.8, 4) is 17.2 Å². The van der Waals surface area contributed by atoms with Gasteiger partial charge in [0.05, 0.1) is 13.2 Å². The van der Waals surface area contributed by atoms with Crippen molar-refractivity contribution < 1.29 is 18.6 Å². The summed E-state index contributed by atoms with van der Waals surface area (Å²) in [5.74, 6) is 2.40. The zero-order valence-corrected chi connectivity index (χ0v) is 15.0. The molecule has 0 spiro atoms. The maximum atomic E-state index is 6.44. The normalized spacial score (nSPS) is 14.6. The molecule has 0 amide bonds. The molecule has 5 heteroatoms. The summed E-state index contributed by atoms with van der Waals surface area (Å²) >= 11 is 0. The molecule has 0 saturated heterocycles. The molecule has 0 aliphatic carbocycles. The number of methoxy groups -OCH3 is 1. The Morgan fingerprint density at radius 2 is 1.57 bits per heavy atom. The van der Waals surface area contributed by atoms with Crippen molar-refractivity contribution in [1.29, 1.82) is 0 Å². The Kier molecular flexibility index (Phi) is 4.32. The van der Waals surface area contributed by atoms with Gasteiger partial charge in [0.15, 0.2) is 19.8 Å². The fourth-order valence-corrected chi connectivity index (χ4v) is 3.52. The second-order valence-electron chi connectivity index (χ2n) is 6.50. The average Bonchev–Trinajstić information content (AvgIpc) is 2.99. The van der Waals surface area contributed by atoms with Crippen LogP contribution < -0.4 is 14.2 Å². The van der Waals surface area contributed by atoms with E-state index in [9.17, 15) is 0 Å². The summed E-state index contributed by atoms with van der Waals surface area (Å²) < 4.78 is 22.6. The Balaban J connectivity index is 1.97. The largest absolute Gasteiger partial charge is 0.497 e. The molecule has 0 bridgehead atoms. The lowest BCUT2D eigenvalue weighted by Gasteiger charge is -2.27. The van der Waals surface area contributed by atoms with Gasteiger partial charge < -0.3 is 18.6 Å². The standard InChI is InChI=1S/C18H22O4Si/c1-19-15-8-5-13(6-9-15)18(22-23(2,3)4)14-7-10-16-17(11-14)21-12-20-16/h5-11,18H,12H2,1-4H3. The predicted molar refractivity (Wildman–Crippen MR) is 91.8 cm³/mol. The van der Waals surface area contributed by atoms with Crippen molar-refractivity contribution in [2.24, 2.45) is 0 Å². The van der Waals surface area contributed by atoms with E-state index < -0.39 is 8.32 Å². The van der Waals surface area contributed by atoms with E-state index >= 15 is 0 Å². The van der Waals surface area contributed by atoms with E-state index in [2.05, 4.69) is 19.6 Å². The van der Waals surface area contributed by atoms with Gasteiger partial charge in [0.25, 0.3) is 0 Å². The molecule has 1 atom stereocenters. The lowest BCUT2D eigenvalue weighted by molar-refractivity contribution is 0.173. The van der Waals surface area contributed by atoms with Gasteiger partial charge in [-0.2, -0.15) is 0 Å².